The van der Waals surface area contributed by atoms with Gasteiger partial charge >= 0.3 is 0 Å². The molecule has 5 rings (SSSR count). The maximum absolute atomic E-state index is 14.9. The molecule has 0 saturated carbocycles. The van der Waals surface area contributed by atoms with Crippen LogP contribution in [0.1, 0.15) is 22.2 Å². The number of fused-ring (bicyclic) bond motifs is 2. The monoisotopic (exact) mass is 449 g/mol. The van der Waals surface area contributed by atoms with Gasteiger partial charge in [-0.25, -0.2) is 10.2 Å². The van der Waals surface area contributed by atoms with Gasteiger partial charge < -0.3 is 20.3 Å². The number of rotatable bonds is 3. The van der Waals surface area contributed by atoms with Gasteiger partial charge in [0.15, 0.2) is 0 Å². The van der Waals surface area contributed by atoms with E-state index in [0.29, 0.717) is 29.2 Å². The molecule has 4 heterocycles. The Kier molecular flexibility index (Phi) is 5.26. The summed E-state index contributed by atoms with van der Waals surface area (Å²) in [7, 11) is 0. The van der Waals surface area contributed by atoms with Crippen LogP contribution in [0.2, 0.25) is 0 Å². The van der Waals surface area contributed by atoms with Crippen LogP contribution in [0.3, 0.4) is 0 Å². The van der Waals surface area contributed by atoms with Crippen molar-refractivity contribution in [3.05, 3.63) is 34.5 Å². The van der Waals surface area contributed by atoms with Crippen LogP contribution in [-0.4, -0.2) is 50.1 Å². The Morgan fingerprint density at radius 3 is 2.90 bits per heavy atom. The number of thioether (sulfide) groups is 1. The van der Waals surface area contributed by atoms with Crippen molar-refractivity contribution in [2.24, 2.45) is 5.84 Å². The number of carbonyl (C=O) groups excluding carboxylic acids is 1. The highest BCUT2D eigenvalue weighted by Crippen LogP contribution is 2.46. The van der Waals surface area contributed by atoms with Crippen molar-refractivity contribution in [3.63, 3.8) is 0 Å². The molecule has 0 bridgehead atoms. The molecule has 0 spiro atoms. The zero-order chi connectivity index (χ0) is 20.8. The highest BCUT2D eigenvalue weighted by atomic mass is 32.2. The lowest BCUT2D eigenvalue weighted by atomic mass is 10.0. The summed E-state index contributed by atoms with van der Waals surface area (Å²) in [6.45, 7) is 5.81. The molecule has 1 aromatic carbocycles. The molecule has 1 aromatic heterocycles. The summed E-state index contributed by atoms with van der Waals surface area (Å²) in [6, 6.07) is 5.10. The summed E-state index contributed by atoms with van der Waals surface area (Å²) in [5.74, 6) is 6.17. The first-order chi connectivity index (χ1) is 14.5. The van der Waals surface area contributed by atoms with Crippen LogP contribution in [0.25, 0.3) is 0 Å². The van der Waals surface area contributed by atoms with E-state index in [1.807, 2.05) is 19.1 Å². The predicted molar refractivity (Wildman–Crippen MR) is 118 cm³/mol. The van der Waals surface area contributed by atoms with Gasteiger partial charge in [0.1, 0.15) is 23.2 Å². The number of amides is 1. The van der Waals surface area contributed by atoms with Crippen LogP contribution < -0.4 is 31.1 Å². The minimum atomic E-state index is -0.278. The highest BCUT2D eigenvalue weighted by Gasteiger charge is 2.31. The molecule has 1 saturated heterocycles. The second-order valence-electron chi connectivity index (χ2n) is 7.73. The Labute approximate surface area is 182 Å². The summed E-state index contributed by atoms with van der Waals surface area (Å²) in [6.07, 6.45) is 0.411. The van der Waals surface area contributed by atoms with Gasteiger partial charge in [-0.15, -0.1) is 11.3 Å². The highest BCUT2D eigenvalue weighted by molar-refractivity contribution is 8.00. The third kappa shape index (κ3) is 3.62. The second kappa shape index (κ2) is 7.92. The SMILES string of the molecule is C[C@@H]1Sc2cc(C(=O)NC3COc4cc(N5CCNCC5)cc(F)c4C3)sc2N1N. The van der Waals surface area contributed by atoms with Crippen molar-refractivity contribution < 1.29 is 13.9 Å². The number of hydrogen-bond donors (Lipinski definition) is 3. The fraction of sp³-hybridized carbons (Fsp3) is 0.450. The Morgan fingerprint density at radius 1 is 1.33 bits per heavy atom. The van der Waals surface area contributed by atoms with Gasteiger partial charge in [0.05, 0.1) is 16.3 Å². The molecule has 1 unspecified atom stereocenters. The zero-order valence-corrected chi connectivity index (χ0v) is 18.2. The first kappa shape index (κ1) is 19.9. The Morgan fingerprint density at radius 2 is 2.13 bits per heavy atom. The quantitative estimate of drug-likeness (QED) is 0.620. The molecule has 3 aliphatic heterocycles. The van der Waals surface area contributed by atoms with Crippen molar-refractivity contribution in [2.45, 2.75) is 29.7 Å². The number of carbonyl (C=O) groups is 1. The van der Waals surface area contributed by atoms with Crippen molar-refractivity contribution in [3.8, 4) is 5.75 Å². The van der Waals surface area contributed by atoms with Crippen LogP contribution in [0.5, 0.6) is 5.75 Å². The Bertz CT molecular complexity index is 978. The van der Waals surface area contributed by atoms with Crippen LogP contribution in [0, 0.1) is 5.82 Å². The van der Waals surface area contributed by atoms with Crippen LogP contribution in [-0.2, 0) is 6.42 Å². The molecule has 4 N–H and O–H groups in total. The number of nitrogens with one attached hydrogen (secondary N) is 2. The summed E-state index contributed by atoms with van der Waals surface area (Å²) in [5, 5.41) is 9.05. The average molecular weight is 450 g/mol. The molecule has 2 aromatic rings. The van der Waals surface area contributed by atoms with Gasteiger partial charge in [-0.3, -0.25) is 9.80 Å². The summed E-state index contributed by atoms with van der Waals surface area (Å²) < 4.78 is 20.7. The fourth-order valence-electron chi connectivity index (χ4n) is 4.02. The van der Waals surface area contributed by atoms with Crippen LogP contribution in [0.4, 0.5) is 15.1 Å². The van der Waals surface area contributed by atoms with E-state index in [0.717, 1.165) is 41.8 Å². The summed E-state index contributed by atoms with van der Waals surface area (Å²) >= 11 is 3.02. The van der Waals surface area contributed by atoms with E-state index in [1.165, 1.54) is 11.3 Å². The molecule has 3 aliphatic rings. The van der Waals surface area contributed by atoms with Crippen LogP contribution >= 0.6 is 23.1 Å². The second-order valence-corrected chi connectivity index (χ2v) is 10.1. The normalized spacial score (nSPS) is 23.0. The number of benzene rings is 1. The van der Waals surface area contributed by atoms with E-state index in [-0.39, 0.29) is 23.1 Å². The van der Waals surface area contributed by atoms with E-state index in [9.17, 15) is 9.18 Å². The van der Waals surface area contributed by atoms with Gasteiger partial charge in [-0.1, -0.05) is 11.8 Å². The molecule has 1 fully saturated rings. The van der Waals surface area contributed by atoms with Gasteiger partial charge in [-0.05, 0) is 19.1 Å². The maximum atomic E-state index is 14.9. The summed E-state index contributed by atoms with van der Waals surface area (Å²) in [5.41, 5.74) is 1.37. The van der Waals surface area contributed by atoms with Gasteiger partial charge in [0.2, 0.25) is 0 Å². The Balaban J connectivity index is 1.27. The lowest BCUT2D eigenvalue weighted by Gasteiger charge is -2.32. The maximum Gasteiger partial charge on any atom is 0.261 e. The first-order valence-corrected chi connectivity index (χ1v) is 11.8. The predicted octanol–water partition coefficient (Wildman–Crippen LogP) is 2.16. The fourth-order valence-corrected chi connectivity index (χ4v) is 6.37. The number of nitrogens with zero attached hydrogens (tertiary/aromatic N) is 2. The number of halogens is 1. The Hall–Kier alpha value is -2.01. The molecular formula is C20H24FN5O2S2. The number of nitrogens with two attached hydrogens (primary N) is 1. The molecule has 7 nitrogen and oxygen atoms in total. The number of thiophene rings is 1. The molecule has 30 heavy (non-hydrogen) atoms. The number of anilines is 2. The average Bonchev–Trinajstić information content (AvgIpc) is 3.28. The molecule has 0 aliphatic carbocycles. The van der Waals surface area contributed by atoms with Crippen molar-refractivity contribution in [2.75, 3.05) is 42.7 Å². The smallest absolute Gasteiger partial charge is 0.261 e. The number of piperazine rings is 1. The van der Waals surface area contributed by atoms with Crippen molar-refractivity contribution in [1.29, 1.82) is 0 Å². The molecule has 2 atom stereocenters. The third-order valence-electron chi connectivity index (χ3n) is 5.67. The molecular weight excluding hydrogens is 425 g/mol. The van der Waals surface area contributed by atoms with E-state index in [1.54, 1.807) is 22.8 Å². The number of hydrogen-bond acceptors (Lipinski definition) is 8. The van der Waals surface area contributed by atoms with Crippen molar-refractivity contribution in [1.82, 2.24) is 10.6 Å². The minimum absolute atomic E-state index is 0.167. The van der Waals surface area contributed by atoms with Gasteiger partial charge in [0.25, 0.3) is 5.91 Å². The van der Waals surface area contributed by atoms with Gasteiger partial charge in [0, 0.05) is 54.8 Å². The van der Waals surface area contributed by atoms with Gasteiger partial charge in [-0.2, -0.15) is 0 Å². The topological polar surface area (TPSA) is 82.9 Å². The first-order valence-electron chi connectivity index (χ1n) is 10.1. The van der Waals surface area contributed by atoms with E-state index in [4.69, 9.17) is 10.6 Å². The molecule has 1 amide bonds. The summed E-state index contributed by atoms with van der Waals surface area (Å²) in [4.78, 5) is 16.5. The molecule has 160 valence electrons. The largest absolute Gasteiger partial charge is 0.491 e. The number of hydrazine groups is 1. The molecule has 10 heteroatoms. The van der Waals surface area contributed by atoms with E-state index >= 15 is 0 Å². The standard InChI is InChI=1S/C20H24FN5O2S2/c1-11-26(22)20-18(29-11)9-17(30-20)19(27)24-12-6-14-15(21)7-13(8-16(14)28-10-12)25-4-2-23-3-5-25/h7-9,11-12,23H,2-6,10,22H2,1H3,(H,24,27)/t11-,12?/m0/s1. The molecule has 0 radical (unpaired) electrons. The van der Waals surface area contributed by atoms with E-state index < -0.39 is 0 Å². The van der Waals surface area contributed by atoms with Crippen LogP contribution in [0.15, 0.2) is 23.1 Å². The van der Waals surface area contributed by atoms with Crippen molar-refractivity contribution >= 4 is 39.7 Å². The third-order valence-corrected chi connectivity index (χ3v) is 8.08. The number of ether oxygens (including phenoxy) is 1. The lowest BCUT2D eigenvalue weighted by Crippen LogP contribution is -2.44. The minimum Gasteiger partial charge on any atom is -0.491 e. The van der Waals surface area contributed by atoms with E-state index in [2.05, 4.69) is 15.5 Å². The zero-order valence-electron chi connectivity index (χ0n) is 16.6. The lowest BCUT2D eigenvalue weighted by molar-refractivity contribution is 0.0918.